The number of carboxylic acid groups (broad SMARTS) is 1. The Labute approximate surface area is 117 Å². The van der Waals surface area contributed by atoms with E-state index in [0.717, 1.165) is 12.1 Å². The zero-order valence-electron chi connectivity index (χ0n) is 14.8. The fourth-order valence-corrected chi connectivity index (χ4v) is 2.71. The molecular formula is C15H19FO3. The Morgan fingerprint density at radius 1 is 1.63 bits per heavy atom. The lowest BCUT2D eigenvalue weighted by Gasteiger charge is -2.42. The van der Waals surface area contributed by atoms with Crippen molar-refractivity contribution in [2.75, 3.05) is 0 Å². The van der Waals surface area contributed by atoms with Crippen LogP contribution in [-0.4, -0.2) is 21.8 Å². The molecule has 0 heterocycles. The first-order chi connectivity index (χ1) is 10.4. The maximum atomic E-state index is 13.6. The van der Waals surface area contributed by atoms with Crippen LogP contribution in [0.15, 0.2) is 18.2 Å². The summed E-state index contributed by atoms with van der Waals surface area (Å²) in [6.07, 6.45) is -6.59. The molecule has 0 unspecified atom stereocenters. The molecule has 0 spiro atoms. The van der Waals surface area contributed by atoms with Crippen LogP contribution in [0.2, 0.25) is 0 Å². The van der Waals surface area contributed by atoms with Gasteiger partial charge in [0.25, 0.3) is 0 Å². The molecule has 1 aliphatic rings. The van der Waals surface area contributed by atoms with Crippen LogP contribution in [0, 0.1) is 11.7 Å². The Kier molecular flexibility index (Phi) is 2.46. The molecule has 19 heavy (non-hydrogen) atoms. The first-order valence-corrected chi connectivity index (χ1v) is 6.10. The Morgan fingerprint density at radius 2 is 2.32 bits per heavy atom. The molecule has 0 radical (unpaired) electrons. The van der Waals surface area contributed by atoms with Crippen molar-refractivity contribution in [2.45, 2.75) is 44.5 Å². The number of rotatable bonds is 3. The van der Waals surface area contributed by atoms with E-state index in [9.17, 15) is 14.3 Å². The highest BCUT2D eigenvalue weighted by atomic mass is 19.1. The van der Waals surface area contributed by atoms with Crippen molar-refractivity contribution in [3.63, 3.8) is 0 Å². The summed E-state index contributed by atoms with van der Waals surface area (Å²) < 4.78 is 46.1. The molecule has 0 amide bonds. The number of aryl methyl sites for hydroxylation is 1. The first kappa shape index (κ1) is 9.48. The van der Waals surface area contributed by atoms with Crippen molar-refractivity contribution in [2.24, 2.45) is 5.92 Å². The molecule has 0 aromatic heterocycles. The van der Waals surface area contributed by atoms with Gasteiger partial charge in [-0.1, -0.05) is 19.9 Å². The maximum absolute atomic E-state index is 13.6. The summed E-state index contributed by atoms with van der Waals surface area (Å²) in [5.74, 6) is -3.50. The molecular weight excluding hydrogens is 247 g/mol. The van der Waals surface area contributed by atoms with Gasteiger partial charge in [-0.25, -0.2) is 4.39 Å². The summed E-state index contributed by atoms with van der Waals surface area (Å²) >= 11 is 0. The molecule has 4 heteroatoms. The number of benzene rings is 1. The molecule has 104 valence electrons. The van der Waals surface area contributed by atoms with Gasteiger partial charge in [-0.05, 0) is 41.9 Å². The van der Waals surface area contributed by atoms with Crippen molar-refractivity contribution in [3.8, 4) is 0 Å². The minimum Gasteiger partial charge on any atom is -0.481 e. The molecule has 1 aromatic rings. The van der Waals surface area contributed by atoms with Crippen LogP contribution >= 0.6 is 0 Å². The summed E-state index contributed by atoms with van der Waals surface area (Å²) in [6.45, 7) is 3.36. The SMILES string of the molecule is [2H]C1([2H])c2cc(F)ccc2[C@H](C(C)C)[C@](O)(CC(=O)O)C1([2H])[2H]. The fraction of sp³-hybridized carbons (Fsp3) is 0.533. The second kappa shape index (κ2) is 4.93. The van der Waals surface area contributed by atoms with Crippen molar-refractivity contribution in [3.05, 3.63) is 35.1 Å². The average molecular weight is 270 g/mol. The third-order valence-corrected chi connectivity index (χ3v) is 3.37. The highest BCUT2D eigenvalue weighted by Crippen LogP contribution is 2.45. The summed E-state index contributed by atoms with van der Waals surface area (Å²) in [5.41, 5.74) is -2.40. The van der Waals surface area contributed by atoms with E-state index >= 15 is 0 Å². The van der Waals surface area contributed by atoms with E-state index in [1.165, 1.54) is 6.07 Å². The van der Waals surface area contributed by atoms with Gasteiger partial charge in [-0.15, -0.1) is 0 Å². The Hall–Kier alpha value is -1.42. The van der Waals surface area contributed by atoms with E-state index in [2.05, 4.69) is 0 Å². The van der Waals surface area contributed by atoms with Gasteiger partial charge in [0.2, 0.25) is 0 Å². The van der Waals surface area contributed by atoms with Crippen LogP contribution in [0.4, 0.5) is 4.39 Å². The zero-order chi connectivity index (χ0) is 17.8. The fourth-order valence-electron chi connectivity index (χ4n) is 2.71. The van der Waals surface area contributed by atoms with Gasteiger partial charge >= 0.3 is 5.97 Å². The molecule has 1 aromatic carbocycles. The van der Waals surface area contributed by atoms with E-state index in [4.69, 9.17) is 10.6 Å². The minimum absolute atomic E-state index is 0.184. The molecule has 2 N–H and O–H groups in total. The van der Waals surface area contributed by atoms with Gasteiger partial charge in [0.15, 0.2) is 0 Å². The van der Waals surface area contributed by atoms with E-state index in [-0.39, 0.29) is 17.0 Å². The summed E-state index contributed by atoms with van der Waals surface area (Å²) in [4.78, 5) is 11.2. The molecule has 0 saturated carbocycles. The maximum Gasteiger partial charge on any atom is 0.306 e. The third kappa shape index (κ3) is 2.63. The van der Waals surface area contributed by atoms with Crippen molar-refractivity contribution < 1.29 is 24.9 Å². The second-order valence-corrected chi connectivity index (χ2v) is 5.20. The topological polar surface area (TPSA) is 57.5 Å². The Balaban J connectivity index is 2.84. The van der Waals surface area contributed by atoms with Crippen LogP contribution < -0.4 is 0 Å². The molecule has 0 saturated heterocycles. The van der Waals surface area contributed by atoms with Crippen molar-refractivity contribution in [1.29, 1.82) is 0 Å². The van der Waals surface area contributed by atoms with E-state index < -0.39 is 42.5 Å². The van der Waals surface area contributed by atoms with Gasteiger partial charge in [0.1, 0.15) is 5.82 Å². The Morgan fingerprint density at radius 3 is 2.89 bits per heavy atom. The van der Waals surface area contributed by atoms with Crippen LogP contribution in [-0.2, 0) is 11.2 Å². The monoisotopic (exact) mass is 270 g/mol. The molecule has 1 aliphatic carbocycles. The standard InChI is InChI=1S/C15H19FO3/c1-9(2)14-12-4-3-11(16)7-10(12)5-6-15(14,19)8-13(17)18/h3-4,7,9,14,19H,5-6,8H2,1-2H3,(H,17,18)/t14-,15+/m0/s1/i5D2,6D2. The number of carbonyl (C=O) groups is 1. The summed E-state index contributed by atoms with van der Waals surface area (Å²) in [7, 11) is 0. The number of aliphatic carboxylic acids is 1. The smallest absolute Gasteiger partial charge is 0.306 e. The Bertz CT molecular complexity index is 648. The van der Waals surface area contributed by atoms with Gasteiger partial charge in [0, 0.05) is 11.4 Å². The number of hydrogen-bond acceptors (Lipinski definition) is 2. The quantitative estimate of drug-likeness (QED) is 0.888. The largest absolute Gasteiger partial charge is 0.481 e. The molecule has 0 fully saturated rings. The highest BCUT2D eigenvalue weighted by Gasteiger charge is 2.44. The molecule has 3 nitrogen and oxygen atoms in total. The van der Waals surface area contributed by atoms with Gasteiger partial charge in [0.05, 0.1) is 12.0 Å². The third-order valence-electron chi connectivity index (χ3n) is 3.37. The van der Waals surface area contributed by atoms with Crippen molar-refractivity contribution >= 4 is 5.97 Å². The number of fused-ring (bicyclic) bond motifs is 1. The lowest BCUT2D eigenvalue weighted by molar-refractivity contribution is -0.145. The molecule has 2 atom stereocenters. The van der Waals surface area contributed by atoms with E-state index in [1.54, 1.807) is 13.8 Å². The number of halogens is 1. The average Bonchev–Trinajstić information content (AvgIpc) is 2.37. The molecule has 0 bridgehead atoms. The summed E-state index contributed by atoms with van der Waals surface area (Å²) in [6, 6.07) is 3.32. The lowest BCUT2D eigenvalue weighted by atomic mass is 9.66. The highest BCUT2D eigenvalue weighted by molar-refractivity contribution is 5.68. The van der Waals surface area contributed by atoms with Gasteiger partial charge < -0.3 is 10.2 Å². The zero-order valence-corrected chi connectivity index (χ0v) is 10.8. The van der Waals surface area contributed by atoms with E-state index in [1.807, 2.05) is 0 Å². The second-order valence-electron chi connectivity index (χ2n) is 5.20. The van der Waals surface area contributed by atoms with Crippen LogP contribution in [0.5, 0.6) is 0 Å². The van der Waals surface area contributed by atoms with Crippen molar-refractivity contribution in [1.82, 2.24) is 0 Å². The molecule has 2 rings (SSSR count). The van der Waals surface area contributed by atoms with Gasteiger partial charge in [-0.3, -0.25) is 4.79 Å². The van der Waals surface area contributed by atoms with Crippen LogP contribution in [0.3, 0.4) is 0 Å². The van der Waals surface area contributed by atoms with Crippen LogP contribution in [0.1, 0.15) is 49.2 Å². The number of hydrogen-bond donors (Lipinski definition) is 2. The normalized spacial score (nSPS) is 34.7. The van der Waals surface area contributed by atoms with Gasteiger partial charge in [-0.2, -0.15) is 0 Å². The predicted molar refractivity (Wildman–Crippen MR) is 69.5 cm³/mol. The first-order valence-electron chi connectivity index (χ1n) is 8.10. The molecule has 0 aliphatic heterocycles. The summed E-state index contributed by atoms with van der Waals surface area (Å²) in [5, 5.41) is 20.1. The lowest BCUT2D eigenvalue weighted by Crippen LogP contribution is -2.44. The predicted octanol–water partition coefficient (Wildman–Crippen LogP) is 2.72. The minimum atomic E-state index is -2.91. The van der Waals surface area contributed by atoms with Crippen LogP contribution in [0.25, 0.3) is 0 Å². The number of aliphatic hydroxyl groups is 1. The number of carboxylic acids is 1. The van der Waals surface area contributed by atoms with E-state index in [0.29, 0.717) is 0 Å².